The molecule has 8 heteroatoms. The van der Waals surface area contributed by atoms with Gasteiger partial charge in [0.1, 0.15) is 17.2 Å². The Kier molecular flexibility index (Phi) is 7.32. The summed E-state index contributed by atoms with van der Waals surface area (Å²) in [7, 11) is 1.61. The van der Waals surface area contributed by atoms with Gasteiger partial charge in [0.05, 0.1) is 7.11 Å². The Balaban J connectivity index is 1.38. The largest absolute Gasteiger partial charge is 0.497 e. The van der Waals surface area contributed by atoms with E-state index in [9.17, 15) is 14.0 Å². The Morgan fingerprint density at radius 1 is 0.897 bits per heavy atom. The number of benzene rings is 3. The molecule has 0 saturated carbocycles. The minimum absolute atomic E-state index is 0.0907. The van der Waals surface area contributed by atoms with E-state index in [2.05, 4.69) is 4.90 Å². The lowest BCUT2D eigenvalue weighted by Crippen LogP contribution is -2.50. The van der Waals surface area contributed by atoms with E-state index in [1.807, 2.05) is 63.2 Å². The average Bonchev–Trinajstić information content (AvgIpc) is 3.31. The summed E-state index contributed by atoms with van der Waals surface area (Å²) >= 11 is 1.49. The first-order valence-electron chi connectivity index (χ1n) is 12.9. The van der Waals surface area contributed by atoms with Crippen molar-refractivity contribution in [3.8, 4) is 16.2 Å². The fraction of sp³-hybridized carbons (Fsp3) is 0.290. The molecule has 1 amide bonds. The number of carbonyl (C=O) groups excluding carboxylic acids is 2. The monoisotopic (exact) mass is 546 g/mol. The minimum Gasteiger partial charge on any atom is -0.497 e. The summed E-state index contributed by atoms with van der Waals surface area (Å²) in [6.07, 6.45) is -0.291. The number of ether oxygens (including phenoxy) is 2. The molecule has 1 aliphatic heterocycles. The molecule has 1 saturated heterocycles. The van der Waals surface area contributed by atoms with Crippen LogP contribution in [-0.2, 0) is 4.74 Å². The minimum atomic E-state index is -0.521. The van der Waals surface area contributed by atoms with Crippen molar-refractivity contribution in [2.24, 2.45) is 0 Å². The molecule has 0 N–H and O–H groups in total. The molecule has 39 heavy (non-hydrogen) atoms. The lowest BCUT2D eigenvalue weighted by atomic mass is 9.97. The van der Waals surface area contributed by atoms with Gasteiger partial charge in [0, 0.05) is 58.0 Å². The van der Waals surface area contributed by atoms with Gasteiger partial charge in [-0.1, -0.05) is 12.1 Å². The Morgan fingerprint density at radius 3 is 2.18 bits per heavy atom. The van der Waals surface area contributed by atoms with Crippen LogP contribution in [0, 0.1) is 5.82 Å². The van der Waals surface area contributed by atoms with Crippen LogP contribution in [0.4, 0.5) is 14.9 Å². The van der Waals surface area contributed by atoms with Gasteiger partial charge in [0.2, 0.25) is 0 Å². The summed E-state index contributed by atoms with van der Waals surface area (Å²) in [4.78, 5) is 31.0. The quantitative estimate of drug-likeness (QED) is 0.252. The fourth-order valence-corrected chi connectivity index (χ4v) is 5.91. The first kappa shape index (κ1) is 26.7. The number of thiophene rings is 1. The van der Waals surface area contributed by atoms with Crippen LogP contribution in [0.1, 0.15) is 36.7 Å². The number of nitrogens with zero attached hydrogens (tertiary/aromatic N) is 2. The molecule has 1 aromatic heterocycles. The Morgan fingerprint density at radius 2 is 1.56 bits per heavy atom. The van der Waals surface area contributed by atoms with Crippen molar-refractivity contribution in [1.82, 2.24) is 4.90 Å². The molecule has 3 aromatic carbocycles. The lowest BCUT2D eigenvalue weighted by Gasteiger charge is -2.36. The summed E-state index contributed by atoms with van der Waals surface area (Å²) in [6.45, 7) is 8.09. The molecule has 0 bridgehead atoms. The summed E-state index contributed by atoms with van der Waals surface area (Å²) in [6, 6.07) is 19.5. The number of carbonyl (C=O) groups is 2. The molecule has 1 aliphatic rings. The summed E-state index contributed by atoms with van der Waals surface area (Å²) < 4.78 is 25.4. The van der Waals surface area contributed by atoms with Crippen LogP contribution in [0.3, 0.4) is 0 Å². The van der Waals surface area contributed by atoms with Gasteiger partial charge in [-0.25, -0.2) is 9.18 Å². The topological polar surface area (TPSA) is 59.1 Å². The zero-order valence-electron chi connectivity index (χ0n) is 22.5. The molecule has 202 valence electrons. The number of piperazine rings is 1. The Hall–Kier alpha value is -3.91. The number of amides is 1. The van der Waals surface area contributed by atoms with E-state index in [4.69, 9.17) is 9.47 Å². The Labute approximate surface area is 231 Å². The third-order valence-corrected chi connectivity index (χ3v) is 7.86. The van der Waals surface area contributed by atoms with Gasteiger partial charge in [0.15, 0.2) is 5.78 Å². The summed E-state index contributed by atoms with van der Waals surface area (Å²) in [5.74, 6) is 0.300. The second-order valence-corrected chi connectivity index (χ2v) is 11.6. The predicted molar refractivity (Wildman–Crippen MR) is 154 cm³/mol. The zero-order valence-corrected chi connectivity index (χ0v) is 23.3. The van der Waals surface area contributed by atoms with Gasteiger partial charge in [-0.2, -0.15) is 0 Å². The van der Waals surface area contributed by atoms with Crippen molar-refractivity contribution in [2.45, 2.75) is 26.4 Å². The molecular formula is C31H31FN2O4S. The van der Waals surface area contributed by atoms with Crippen LogP contribution in [0.2, 0.25) is 0 Å². The van der Waals surface area contributed by atoms with E-state index in [1.54, 1.807) is 24.1 Å². The van der Waals surface area contributed by atoms with Crippen LogP contribution >= 0.6 is 11.3 Å². The SMILES string of the molecule is COc1ccc2c(C(=O)c3ccc(N4CCN(C(=O)OC(C)(C)C)CC4)cc3)c(-c3ccc(F)cc3)sc2c1. The van der Waals surface area contributed by atoms with Crippen molar-refractivity contribution in [2.75, 3.05) is 38.2 Å². The maximum atomic E-state index is 13.9. The normalized spacial score (nSPS) is 14.0. The smallest absolute Gasteiger partial charge is 0.410 e. The van der Waals surface area contributed by atoms with Gasteiger partial charge >= 0.3 is 6.09 Å². The molecule has 0 atom stereocenters. The average molecular weight is 547 g/mol. The maximum Gasteiger partial charge on any atom is 0.410 e. The number of hydrogen-bond donors (Lipinski definition) is 0. The van der Waals surface area contributed by atoms with Crippen LogP contribution in [0.5, 0.6) is 5.75 Å². The third kappa shape index (κ3) is 5.76. The summed E-state index contributed by atoms with van der Waals surface area (Å²) in [5, 5.41) is 0.840. The van der Waals surface area contributed by atoms with Gasteiger partial charge in [-0.05, 0) is 80.9 Å². The number of halogens is 1. The standard InChI is InChI=1S/C31H31FN2O4S/c1-31(2,3)38-30(36)34-17-15-33(16-18-34)23-11-7-20(8-12-23)28(35)27-25-14-13-24(37-4)19-26(25)39-29(27)21-5-9-22(32)10-6-21/h5-14,19H,15-18H2,1-4H3. The van der Waals surface area contributed by atoms with E-state index < -0.39 is 5.60 Å². The van der Waals surface area contributed by atoms with Crippen molar-refractivity contribution >= 4 is 39.0 Å². The highest BCUT2D eigenvalue weighted by molar-refractivity contribution is 7.22. The van der Waals surface area contributed by atoms with Crippen LogP contribution < -0.4 is 9.64 Å². The van der Waals surface area contributed by atoms with E-state index in [0.717, 1.165) is 26.2 Å². The molecule has 2 heterocycles. The highest BCUT2D eigenvalue weighted by Gasteiger charge is 2.26. The van der Waals surface area contributed by atoms with Gasteiger partial charge < -0.3 is 19.3 Å². The molecule has 5 rings (SSSR count). The Bertz CT molecular complexity index is 1500. The molecule has 6 nitrogen and oxygen atoms in total. The van der Waals surface area contributed by atoms with Gasteiger partial charge in [-0.15, -0.1) is 11.3 Å². The number of ketones is 1. The van der Waals surface area contributed by atoms with Crippen molar-refractivity contribution in [3.05, 3.63) is 83.7 Å². The number of rotatable bonds is 5. The number of hydrogen-bond acceptors (Lipinski definition) is 6. The first-order chi connectivity index (χ1) is 18.6. The predicted octanol–water partition coefficient (Wildman–Crippen LogP) is 7.00. The third-order valence-electron chi connectivity index (χ3n) is 6.66. The molecule has 1 fully saturated rings. The van der Waals surface area contributed by atoms with E-state index in [1.165, 1.54) is 23.5 Å². The zero-order chi connectivity index (χ0) is 27.7. The molecule has 0 radical (unpaired) electrons. The van der Waals surface area contributed by atoms with Crippen molar-refractivity contribution in [3.63, 3.8) is 0 Å². The highest BCUT2D eigenvalue weighted by Crippen LogP contribution is 2.41. The molecule has 4 aromatic rings. The second kappa shape index (κ2) is 10.7. The van der Waals surface area contributed by atoms with E-state index in [-0.39, 0.29) is 17.7 Å². The maximum absolute atomic E-state index is 13.9. The lowest BCUT2D eigenvalue weighted by molar-refractivity contribution is 0.0240. The molecule has 0 aliphatic carbocycles. The molecule has 0 spiro atoms. The first-order valence-corrected chi connectivity index (χ1v) is 13.7. The van der Waals surface area contributed by atoms with E-state index >= 15 is 0 Å². The number of fused-ring (bicyclic) bond motifs is 1. The van der Waals surface area contributed by atoms with E-state index in [0.29, 0.717) is 43.1 Å². The molecular weight excluding hydrogens is 515 g/mol. The highest BCUT2D eigenvalue weighted by atomic mass is 32.1. The molecule has 0 unspecified atom stereocenters. The van der Waals surface area contributed by atoms with Crippen LogP contribution in [0.25, 0.3) is 20.5 Å². The van der Waals surface area contributed by atoms with Gasteiger partial charge in [0.25, 0.3) is 0 Å². The number of anilines is 1. The second-order valence-electron chi connectivity index (χ2n) is 10.5. The summed E-state index contributed by atoms with van der Waals surface area (Å²) in [5.41, 5.74) is 2.44. The van der Waals surface area contributed by atoms with Crippen LogP contribution in [0.15, 0.2) is 66.7 Å². The number of methoxy groups -OCH3 is 1. The van der Waals surface area contributed by atoms with Crippen molar-refractivity contribution in [1.29, 1.82) is 0 Å². The van der Waals surface area contributed by atoms with Crippen LogP contribution in [-0.4, -0.2) is 55.7 Å². The van der Waals surface area contributed by atoms with Gasteiger partial charge in [-0.3, -0.25) is 4.79 Å². The fourth-order valence-electron chi connectivity index (χ4n) is 4.68. The van der Waals surface area contributed by atoms with Crippen molar-refractivity contribution < 1.29 is 23.5 Å².